The van der Waals surface area contributed by atoms with Crippen molar-refractivity contribution in [2.75, 3.05) is 0 Å². The molecule has 1 fully saturated rings. The Balaban J connectivity index is 2.03. The van der Waals surface area contributed by atoms with Gasteiger partial charge in [0, 0.05) is 19.7 Å². The second-order valence-electron chi connectivity index (χ2n) is 4.99. The van der Waals surface area contributed by atoms with E-state index < -0.39 is 5.60 Å². The zero-order valence-corrected chi connectivity index (χ0v) is 9.48. The van der Waals surface area contributed by atoms with Gasteiger partial charge in [-0.3, -0.25) is 4.68 Å². The minimum Gasteiger partial charge on any atom is -0.389 e. The number of rotatable bonds is 2. The molecular formula is C11H19N3O. The first-order valence-corrected chi connectivity index (χ1v) is 5.65. The predicted molar refractivity (Wildman–Crippen MR) is 57.3 cm³/mol. The molecule has 4 nitrogen and oxygen atoms in total. The van der Waals surface area contributed by atoms with Crippen LogP contribution in [0.4, 0.5) is 0 Å². The van der Waals surface area contributed by atoms with Crippen molar-refractivity contribution >= 4 is 0 Å². The van der Waals surface area contributed by atoms with E-state index in [4.69, 9.17) is 0 Å². The van der Waals surface area contributed by atoms with Gasteiger partial charge in [-0.25, -0.2) is 0 Å². The minimum atomic E-state index is -0.548. The average molecular weight is 209 g/mol. The second kappa shape index (κ2) is 3.93. The lowest BCUT2D eigenvalue weighted by Gasteiger charge is -2.34. The van der Waals surface area contributed by atoms with Crippen LogP contribution in [-0.2, 0) is 13.5 Å². The van der Waals surface area contributed by atoms with E-state index in [1.54, 1.807) is 4.68 Å². The summed E-state index contributed by atoms with van der Waals surface area (Å²) in [5.74, 6) is 0.625. The molecule has 0 spiro atoms. The molecule has 2 rings (SSSR count). The van der Waals surface area contributed by atoms with Gasteiger partial charge in [-0.05, 0) is 18.8 Å². The molecular weight excluding hydrogens is 190 g/mol. The lowest BCUT2D eigenvalue weighted by Crippen LogP contribution is -2.36. The fourth-order valence-corrected chi connectivity index (χ4v) is 2.61. The van der Waals surface area contributed by atoms with E-state index in [9.17, 15) is 5.11 Å². The maximum Gasteiger partial charge on any atom is 0.0855 e. The Morgan fingerprint density at radius 3 is 3.07 bits per heavy atom. The average Bonchev–Trinajstić information content (AvgIpc) is 2.49. The number of nitrogens with zero attached hydrogens (tertiary/aromatic N) is 3. The third-order valence-electron chi connectivity index (χ3n) is 3.23. The fraction of sp³-hybridized carbons (Fsp3) is 0.818. The fourth-order valence-electron chi connectivity index (χ4n) is 2.61. The number of hydrogen-bond acceptors (Lipinski definition) is 3. The van der Waals surface area contributed by atoms with Crippen molar-refractivity contribution in [3.63, 3.8) is 0 Å². The molecule has 84 valence electrons. The van der Waals surface area contributed by atoms with Gasteiger partial charge in [0.15, 0.2) is 0 Å². The monoisotopic (exact) mass is 209 g/mol. The lowest BCUT2D eigenvalue weighted by atomic mass is 9.77. The van der Waals surface area contributed by atoms with Crippen LogP contribution >= 0.6 is 0 Å². The van der Waals surface area contributed by atoms with Crippen molar-refractivity contribution in [1.82, 2.24) is 15.0 Å². The predicted octanol–water partition coefficient (Wildman–Crippen LogP) is 1.30. The molecule has 4 heteroatoms. The molecule has 1 saturated carbocycles. The smallest absolute Gasteiger partial charge is 0.0855 e. The van der Waals surface area contributed by atoms with Crippen LogP contribution in [0.3, 0.4) is 0 Å². The summed E-state index contributed by atoms with van der Waals surface area (Å²) in [6, 6.07) is 0. The summed E-state index contributed by atoms with van der Waals surface area (Å²) >= 11 is 0. The molecule has 0 radical (unpaired) electrons. The molecule has 1 aromatic rings. The van der Waals surface area contributed by atoms with Crippen LogP contribution in [0.15, 0.2) is 6.20 Å². The first-order chi connectivity index (χ1) is 7.07. The van der Waals surface area contributed by atoms with Crippen LogP contribution in [0.5, 0.6) is 0 Å². The van der Waals surface area contributed by atoms with E-state index in [0.717, 1.165) is 25.0 Å². The highest BCUT2D eigenvalue weighted by molar-refractivity contribution is 5.01. The van der Waals surface area contributed by atoms with Crippen LogP contribution in [0, 0.1) is 5.92 Å². The van der Waals surface area contributed by atoms with Gasteiger partial charge >= 0.3 is 0 Å². The van der Waals surface area contributed by atoms with Crippen LogP contribution in [0.1, 0.15) is 38.3 Å². The molecule has 0 aromatic carbocycles. The Kier molecular flexibility index (Phi) is 2.78. The highest BCUT2D eigenvalue weighted by Crippen LogP contribution is 2.34. The van der Waals surface area contributed by atoms with Gasteiger partial charge in [0.25, 0.3) is 0 Å². The van der Waals surface area contributed by atoms with Crippen LogP contribution in [0.2, 0.25) is 0 Å². The molecule has 2 unspecified atom stereocenters. The van der Waals surface area contributed by atoms with E-state index in [1.807, 2.05) is 13.2 Å². The third kappa shape index (κ3) is 2.56. The van der Waals surface area contributed by atoms with Gasteiger partial charge in [0.2, 0.25) is 0 Å². The number of aryl methyl sites for hydroxylation is 1. The summed E-state index contributed by atoms with van der Waals surface area (Å²) in [7, 11) is 1.85. The molecule has 1 heterocycles. The Hall–Kier alpha value is -0.900. The zero-order valence-electron chi connectivity index (χ0n) is 9.48. The van der Waals surface area contributed by atoms with Crippen LogP contribution < -0.4 is 0 Å². The lowest BCUT2D eigenvalue weighted by molar-refractivity contribution is -0.0131. The summed E-state index contributed by atoms with van der Waals surface area (Å²) in [6.45, 7) is 2.21. The van der Waals surface area contributed by atoms with E-state index >= 15 is 0 Å². The topological polar surface area (TPSA) is 50.9 Å². The number of aromatic nitrogens is 3. The third-order valence-corrected chi connectivity index (χ3v) is 3.23. The SMILES string of the molecule is CC1CCCC(O)(Cc2cn(C)nn2)C1. The molecule has 15 heavy (non-hydrogen) atoms. The maximum atomic E-state index is 10.4. The summed E-state index contributed by atoms with van der Waals surface area (Å²) < 4.78 is 1.69. The molecule has 1 N–H and O–H groups in total. The van der Waals surface area contributed by atoms with Crippen molar-refractivity contribution in [2.24, 2.45) is 13.0 Å². The van der Waals surface area contributed by atoms with Crippen LogP contribution in [0.25, 0.3) is 0 Å². The first-order valence-electron chi connectivity index (χ1n) is 5.65. The highest BCUT2D eigenvalue weighted by Gasteiger charge is 2.33. The Morgan fingerprint density at radius 1 is 1.67 bits per heavy atom. The molecule has 0 saturated heterocycles. The molecule has 1 aromatic heterocycles. The highest BCUT2D eigenvalue weighted by atomic mass is 16.3. The molecule has 2 atom stereocenters. The quantitative estimate of drug-likeness (QED) is 0.798. The Bertz CT molecular complexity index is 336. The van der Waals surface area contributed by atoms with Gasteiger partial charge < -0.3 is 5.11 Å². The van der Waals surface area contributed by atoms with E-state index in [-0.39, 0.29) is 0 Å². The zero-order chi connectivity index (χ0) is 10.9. The Morgan fingerprint density at radius 2 is 2.47 bits per heavy atom. The normalized spacial score (nSPS) is 31.8. The molecule has 0 aliphatic heterocycles. The molecule has 1 aliphatic carbocycles. The van der Waals surface area contributed by atoms with Crippen molar-refractivity contribution in [2.45, 2.75) is 44.6 Å². The van der Waals surface area contributed by atoms with Gasteiger partial charge in [-0.2, -0.15) is 0 Å². The van der Waals surface area contributed by atoms with Crippen molar-refractivity contribution in [1.29, 1.82) is 0 Å². The van der Waals surface area contributed by atoms with Crippen molar-refractivity contribution < 1.29 is 5.11 Å². The van der Waals surface area contributed by atoms with Gasteiger partial charge in [-0.15, -0.1) is 5.10 Å². The summed E-state index contributed by atoms with van der Waals surface area (Å²) in [5.41, 5.74) is 0.349. The minimum absolute atomic E-state index is 0.548. The van der Waals surface area contributed by atoms with E-state index in [0.29, 0.717) is 12.3 Å². The van der Waals surface area contributed by atoms with Gasteiger partial charge in [-0.1, -0.05) is 25.0 Å². The molecule has 1 aliphatic rings. The summed E-state index contributed by atoms with van der Waals surface area (Å²) in [6.07, 6.45) is 6.68. The second-order valence-corrected chi connectivity index (χ2v) is 4.99. The number of hydrogen-bond donors (Lipinski definition) is 1. The standard InChI is InChI=1S/C11H19N3O/c1-9-4-3-5-11(15,6-9)7-10-8-14(2)13-12-10/h8-9,15H,3-7H2,1-2H3. The summed E-state index contributed by atoms with van der Waals surface area (Å²) in [4.78, 5) is 0. The Labute approximate surface area is 90.3 Å². The largest absolute Gasteiger partial charge is 0.389 e. The van der Waals surface area contributed by atoms with Crippen molar-refractivity contribution in [3.8, 4) is 0 Å². The molecule has 0 amide bonds. The van der Waals surface area contributed by atoms with Gasteiger partial charge in [0.1, 0.15) is 0 Å². The van der Waals surface area contributed by atoms with E-state index in [1.165, 1.54) is 6.42 Å². The van der Waals surface area contributed by atoms with E-state index in [2.05, 4.69) is 17.2 Å². The molecule has 0 bridgehead atoms. The maximum absolute atomic E-state index is 10.4. The summed E-state index contributed by atoms with van der Waals surface area (Å²) in [5, 5.41) is 18.3. The van der Waals surface area contributed by atoms with Gasteiger partial charge in [0.05, 0.1) is 11.3 Å². The van der Waals surface area contributed by atoms with Crippen LogP contribution in [-0.4, -0.2) is 25.7 Å². The van der Waals surface area contributed by atoms with Crippen molar-refractivity contribution in [3.05, 3.63) is 11.9 Å². The number of aliphatic hydroxyl groups is 1. The first kappa shape index (κ1) is 10.6.